The monoisotopic (exact) mass is 394 g/mol. The van der Waals surface area contributed by atoms with Crippen LogP contribution in [0, 0.1) is 6.92 Å². The fraction of sp³-hybridized carbons (Fsp3) is 0.412. The molecule has 3 rings (SSSR count). The van der Waals surface area contributed by atoms with Gasteiger partial charge in [0.15, 0.2) is 0 Å². The van der Waals surface area contributed by atoms with Crippen LogP contribution in [-0.2, 0) is 4.79 Å². The number of carboxylic acids is 1. The van der Waals surface area contributed by atoms with E-state index in [1.165, 1.54) is 0 Å². The number of pyridine rings is 1. The van der Waals surface area contributed by atoms with Gasteiger partial charge in [-0.1, -0.05) is 12.5 Å². The standard InChI is InChI=1S/C17H19BrN2O2S/c1-11-5-4-6-12(19-11)16(14-8-9-15(18)23-14)20-10-3-2-7-13(20)17(21)22/h4-6,8-9,13,16H,2-3,7,10H2,1H3,(H,21,22). The fourth-order valence-electron chi connectivity index (χ4n) is 3.20. The summed E-state index contributed by atoms with van der Waals surface area (Å²) in [5, 5.41) is 9.64. The molecule has 1 aliphatic rings. The first-order chi connectivity index (χ1) is 11.1. The predicted octanol–water partition coefficient (Wildman–Crippen LogP) is 4.24. The number of carbonyl (C=O) groups is 1. The van der Waals surface area contributed by atoms with Gasteiger partial charge in [-0.25, -0.2) is 0 Å². The lowest BCUT2D eigenvalue weighted by molar-refractivity contribution is -0.145. The van der Waals surface area contributed by atoms with Crippen molar-refractivity contribution >= 4 is 33.2 Å². The van der Waals surface area contributed by atoms with E-state index in [1.54, 1.807) is 11.3 Å². The van der Waals surface area contributed by atoms with E-state index in [4.69, 9.17) is 0 Å². The summed E-state index contributed by atoms with van der Waals surface area (Å²) in [7, 11) is 0. The second-order valence-corrected chi connectivity index (χ2v) is 8.33. The maximum absolute atomic E-state index is 11.7. The Morgan fingerprint density at radius 3 is 2.87 bits per heavy atom. The first-order valence-electron chi connectivity index (χ1n) is 7.73. The average Bonchev–Trinajstić information content (AvgIpc) is 2.94. The molecule has 0 aromatic carbocycles. The highest BCUT2D eigenvalue weighted by Crippen LogP contribution is 2.38. The average molecular weight is 395 g/mol. The molecule has 1 N–H and O–H groups in total. The zero-order valence-corrected chi connectivity index (χ0v) is 15.3. The minimum Gasteiger partial charge on any atom is -0.480 e. The summed E-state index contributed by atoms with van der Waals surface area (Å²) in [4.78, 5) is 19.7. The lowest BCUT2D eigenvalue weighted by Crippen LogP contribution is -2.46. The molecule has 0 bridgehead atoms. The molecule has 0 spiro atoms. The van der Waals surface area contributed by atoms with Crippen LogP contribution in [0.5, 0.6) is 0 Å². The Morgan fingerprint density at radius 2 is 2.22 bits per heavy atom. The highest BCUT2D eigenvalue weighted by atomic mass is 79.9. The first-order valence-corrected chi connectivity index (χ1v) is 9.34. The van der Waals surface area contributed by atoms with Crippen LogP contribution in [0.4, 0.5) is 0 Å². The number of rotatable bonds is 4. The molecule has 1 saturated heterocycles. The van der Waals surface area contributed by atoms with Gasteiger partial charge in [0.25, 0.3) is 0 Å². The van der Waals surface area contributed by atoms with Gasteiger partial charge in [-0.2, -0.15) is 0 Å². The summed E-state index contributed by atoms with van der Waals surface area (Å²) in [5.74, 6) is -0.738. The maximum Gasteiger partial charge on any atom is 0.320 e. The van der Waals surface area contributed by atoms with Crippen molar-refractivity contribution in [3.63, 3.8) is 0 Å². The van der Waals surface area contributed by atoms with Gasteiger partial charge >= 0.3 is 5.97 Å². The topological polar surface area (TPSA) is 53.4 Å². The molecule has 2 aromatic rings. The Balaban J connectivity index is 2.05. The number of aryl methyl sites for hydroxylation is 1. The summed E-state index contributed by atoms with van der Waals surface area (Å²) in [6.07, 6.45) is 2.69. The van der Waals surface area contributed by atoms with Crippen molar-refractivity contribution < 1.29 is 9.90 Å². The van der Waals surface area contributed by atoms with E-state index >= 15 is 0 Å². The third-order valence-electron chi connectivity index (χ3n) is 4.21. The molecule has 0 aliphatic carbocycles. The Bertz CT molecular complexity index is 703. The molecule has 0 radical (unpaired) electrons. The predicted molar refractivity (Wildman–Crippen MR) is 94.8 cm³/mol. The molecule has 1 aliphatic heterocycles. The molecule has 0 amide bonds. The number of aromatic nitrogens is 1. The van der Waals surface area contributed by atoms with Crippen LogP contribution in [0.3, 0.4) is 0 Å². The van der Waals surface area contributed by atoms with Crippen molar-refractivity contribution in [3.8, 4) is 0 Å². The lowest BCUT2D eigenvalue weighted by Gasteiger charge is -2.38. The second-order valence-electron chi connectivity index (χ2n) is 5.84. The van der Waals surface area contributed by atoms with Crippen molar-refractivity contribution in [2.45, 2.75) is 38.3 Å². The molecule has 2 atom stereocenters. The number of thiophene rings is 1. The van der Waals surface area contributed by atoms with E-state index in [2.05, 4.69) is 31.9 Å². The first kappa shape index (κ1) is 16.6. The van der Waals surface area contributed by atoms with Gasteiger partial charge in [0.1, 0.15) is 6.04 Å². The van der Waals surface area contributed by atoms with Crippen LogP contribution < -0.4 is 0 Å². The van der Waals surface area contributed by atoms with Crippen molar-refractivity contribution in [1.82, 2.24) is 9.88 Å². The van der Waals surface area contributed by atoms with Gasteiger partial charge in [-0.05, 0) is 60.0 Å². The lowest BCUT2D eigenvalue weighted by atomic mass is 9.97. The van der Waals surface area contributed by atoms with Gasteiger partial charge < -0.3 is 5.11 Å². The van der Waals surface area contributed by atoms with Crippen LogP contribution in [-0.4, -0.2) is 33.5 Å². The molecule has 2 unspecified atom stereocenters. The molecule has 0 saturated carbocycles. The maximum atomic E-state index is 11.7. The van der Waals surface area contributed by atoms with Crippen LogP contribution in [0.25, 0.3) is 0 Å². The number of nitrogens with zero attached hydrogens (tertiary/aromatic N) is 2. The van der Waals surface area contributed by atoms with Gasteiger partial charge in [-0.15, -0.1) is 11.3 Å². The summed E-state index contributed by atoms with van der Waals surface area (Å²) in [5.41, 5.74) is 1.87. The Labute approximate surface area is 148 Å². The van der Waals surface area contributed by atoms with Crippen molar-refractivity contribution in [1.29, 1.82) is 0 Å². The van der Waals surface area contributed by atoms with E-state index in [0.29, 0.717) is 6.42 Å². The largest absolute Gasteiger partial charge is 0.480 e. The number of halogens is 1. The molecule has 6 heteroatoms. The highest BCUT2D eigenvalue weighted by Gasteiger charge is 2.36. The van der Waals surface area contributed by atoms with Gasteiger partial charge in [0, 0.05) is 17.1 Å². The number of hydrogen-bond donors (Lipinski definition) is 1. The van der Waals surface area contributed by atoms with Crippen molar-refractivity contribution in [2.75, 3.05) is 6.54 Å². The van der Waals surface area contributed by atoms with Crippen molar-refractivity contribution in [3.05, 3.63) is 50.4 Å². The molecular weight excluding hydrogens is 376 g/mol. The van der Waals surface area contributed by atoms with E-state index in [1.807, 2.05) is 31.2 Å². The SMILES string of the molecule is Cc1cccc(C(c2ccc(Br)s2)N2CCCCC2C(=O)O)n1. The molecule has 122 valence electrons. The molecule has 23 heavy (non-hydrogen) atoms. The van der Waals surface area contributed by atoms with Crippen molar-refractivity contribution in [2.24, 2.45) is 0 Å². The molecule has 4 nitrogen and oxygen atoms in total. The molecule has 1 fully saturated rings. The fourth-order valence-corrected chi connectivity index (χ4v) is 4.76. The summed E-state index contributed by atoms with van der Waals surface area (Å²) in [6.45, 7) is 2.75. The smallest absolute Gasteiger partial charge is 0.320 e. The summed E-state index contributed by atoms with van der Waals surface area (Å²) < 4.78 is 1.05. The zero-order valence-electron chi connectivity index (χ0n) is 12.9. The van der Waals surface area contributed by atoms with E-state index in [0.717, 1.165) is 39.4 Å². The quantitative estimate of drug-likeness (QED) is 0.841. The molecule has 3 heterocycles. The number of hydrogen-bond acceptors (Lipinski definition) is 4. The third-order valence-corrected chi connectivity index (χ3v) is 5.89. The van der Waals surface area contributed by atoms with Crippen LogP contribution >= 0.6 is 27.3 Å². The Hall–Kier alpha value is -1.24. The zero-order chi connectivity index (χ0) is 16.4. The van der Waals surface area contributed by atoms with E-state index < -0.39 is 12.0 Å². The minimum atomic E-state index is -0.738. The normalized spacial score (nSPS) is 20.3. The van der Waals surface area contributed by atoms with Gasteiger partial charge in [-0.3, -0.25) is 14.7 Å². The highest BCUT2D eigenvalue weighted by molar-refractivity contribution is 9.11. The van der Waals surface area contributed by atoms with Gasteiger partial charge in [0.2, 0.25) is 0 Å². The molecular formula is C17H19BrN2O2S. The number of carboxylic acid groups (broad SMARTS) is 1. The van der Waals surface area contributed by atoms with E-state index in [-0.39, 0.29) is 6.04 Å². The van der Waals surface area contributed by atoms with Crippen LogP contribution in [0.15, 0.2) is 34.1 Å². The molecule has 2 aromatic heterocycles. The summed E-state index contributed by atoms with van der Waals surface area (Å²) in [6, 6.07) is 9.49. The third kappa shape index (κ3) is 3.65. The number of likely N-dealkylation sites (tertiary alicyclic amines) is 1. The second kappa shape index (κ2) is 7.11. The Morgan fingerprint density at radius 1 is 1.39 bits per heavy atom. The summed E-state index contributed by atoms with van der Waals surface area (Å²) >= 11 is 5.16. The number of piperidine rings is 1. The van der Waals surface area contributed by atoms with Crippen LogP contribution in [0.1, 0.15) is 41.6 Å². The van der Waals surface area contributed by atoms with Gasteiger partial charge in [0.05, 0.1) is 15.5 Å². The van der Waals surface area contributed by atoms with Crippen LogP contribution in [0.2, 0.25) is 0 Å². The minimum absolute atomic E-state index is 0.104. The number of aliphatic carboxylic acids is 1. The Kier molecular flexibility index (Phi) is 5.14. The van der Waals surface area contributed by atoms with E-state index in [9.17, 15) is 9.90 Å².